The van der Waals surface area contributed by atoms with Gasteiger partial charge in [0.15, 0.2) is 0 Å². The second kappa shape index (κ2) is 6.44. The van der Waals surface area contributed by atoms with Crippen molar-refractivity contribution in [3.8, 4) is 5.69 Å². The Balaban J connectivity index is 1.43. The van der Waals surface area contributed by atoms with E-state index in [4.69, 9.17) is 0 Å². The molecular formula is C19H22FN5. The van der Waals surface area contributed by atoms with E-state index in [2.05, 4.69) is 32.8 Å². The van der Waals surface area contributed by atoms with Crippen LogP contribution < -0.4 is 0 Å². The predicted molar refractivity (Wildman–Crippen MR) is 94.2 cm³/mol. The number of likely N-dealkylation sites (tertiary alicyclic amines) is 1. The Morgan fingerprint density at radius 3 is 2.88 bits per heavy atom. The molecule has 1 aliphatic heterocycles. The maximum Gasteiger partial charge on any atom is 0.125 e. The molecule has 0 saturated carbocycles. The summed E-state index contributed by atoms with van der Waals surface area (Å²) in [4.78, 5) is 2.42. The zero-order chi connectivity index (χ0) is 17.4. The lowest BCUT2D eigenvalue weighted by molar-refractivity contribution is 0.310. The third-order valence-corrected chi connectivity index (χ3v) is 4.75. The molecule has 5 nitrogen and oxygen atoms in total. The normalized spacial score (nSPS) is 18.1. The van der Waals surface area contributed by atoms with Gasteiger partial charge in [0.2, 0.25) is 0 Å². The second-order valence-corrected chi connectivity index (χ2v) is 6.82. The summed E-state index contributed by atoms with van der Waals surface area (Å²) in [5.74, 6) is -0.248. The molecule has 2 aromatic heterocycles. The highest BCUT2D eigenvalue weighted by Gasteiger charge is 2.25. The topological polar surface area (TPSA) is 38.9 Å². The number of benzene rings is 1. The number of nitrogens with zero attached hydrogens (tertiary/aromatic N) is 5. The van der Waals surface area contributed by atoms with E-state index in [1.54, 1.807) is 10.7 Å². The molecule has 0 aliphatic carbocycles. The third-order valence-electron chi connectivity index (χ3n) is 4.75. The fraction of sp³-hybridized carbons (Fsp3) is 0.368. The van der Waals surface area contributed by atoms with Crippen LogP contribution in [0.25, 0.3) is 5.69 Å². The average Bonchev–Trinajstić information content (AvgIpc) is 3.28. The molecular weight excluding hydrogens is 317 g/mol. The van der Waals surface area contributed by atoms with Crippen molar-refractivity contribution < 1.29 is 4.39 Å². The van der Waals surface area contributed by atoms with Crippen LogP contribution in [0.4, 0.5) is 4.39 Å². The largest absolute Gasteiger partial charge is 0.297 e. The van der Waals surface area contributed by atoms with E-state index in [-0.39, 0.29) is 5.82 Å². The molecule has 0 radical (unpaired) electrons. The van der Waals surface area contributed by atoms with Gasteiger partial charge in [-0.1, -0.05) is 6.07 Å². The molecule has 4 rings (SSSR count). The van der Waals surface area contributed by atoms with Crippen LogP contribution in [0, 0.1) is 19.7 Å². The van der Waals surface area contributed by atoms with E-state index >= 15 is 0 Å². The lowest BCUT2D eigenvalue weighted by Gasteiger charge is -2.16. The van der Waals surface area contributed by atoms with Crippen LogP contribution in [0.2, 0.25) is 0 Å². The first-order valence-corrected chi connectivity index (χ1v) is 8.63. The van der Waals surface area contributed by atoms with Gasteiger partial charge in [-0.15, -0.1) is 0 Å². The molecule has 3 heterocycles. The predicted octanol–water partition coefficient (Wildman–Crippen LogP) is 3.27. The maximum absolute atomic E-state index is 13.4. The Bertz CT molecular complexity index is 882. The standard InChI is InChI=1S/C19H22FN5/c1-14-8-15(2)25(22-14)19-6-7-23(13-19)11-16-10-21-24(12-16)18-5-3-4-17(20)9-18/h3-5,8-10,12,19H,6-7,11,13H2,1-2H3. The summed E-state index contributed by atoms with van der Waals surface area (Å²) >= 11 is 0. The molecule has 1 saturated heterocycles. The molecule has 0 spiro atoms. The Kier molecular flexibility index (Phi) is 4.13. The molecule has 0 N–H and O–H groups in total. The van der Waals surface area contributed by atoms with Crippen LogP contribution in [-0.2, 0) is 6.54 Å². The average molecular weight is 339 g/mol. The summed E-state index contributed by atoms with van der Waals surface area (Å²) in [7, 11) is 0. The van der Waals surface area contributed by atoms with Gasteiger partial charge in [0.1, 0.15) is 5.82 Å². The number of rotatable bonds is 4. The minimum atomic E-state index is -0.248. The molecule has 1 fully saturated rings. The summed E-state index contributed by atoms with van der Waals surface area (Å²) < 4.78 is 17.3. The van der Waals surface area contributed by atoms with Gasteiger partial charge in [-0.2, -0.15) is 10.2 Å². The molecule has 3 aromatic rings. The Morgan fingerprint density at radius 1 is 1.24 bits per heavy atom. The fourth-order valence-electron chi connectivity index (χ4n) is 3.63. The third kappa shape index (κ3) is 3.35. The van der Waals surface area contributed by atoms with E-state index in [9.17, 15) is 4.39 Å². The first-order chi connectivity index (χ1) is 12.1. The molecule has 1 atom stereocenters. The Morgan fingerprint density at radius 2 is 2.12 bits per heavy atom. The summed E-state index contributed by atoms with van der Waals surface area (Å²) in [6.45, 7) is 7.05. The maximum atomic E-state index is 13.4. The molecule has 25 heavy (non-hydrogen) atoms. The highest BCUT2D eigenvalue weighted by molar-refractivity contribution is 5.31. The Labute approximate surface area is 146 Å². The second-order valence-electron chi connectivity index (χ2n) is 6.82. The van der Waals surface area contributed by atoms with Crippen LogP contribution in [0.5, 0.6) is 0 Å². The minimum absolute atomic E-state index is 0.248. The Hall–Kier alpha value is -2.47. The number of aryl methyl sites for hydroxylation is 2. The molecule has 0 amide bonds. The lowest BCUT2D eigenvalue weighted by Crippen LogP contribution is -2.21. The molecule has 6 heteroatoms. The number of halogens is 1. The minimum Gasteiger partial charge on any atom is -0.297 e. The highest BCUT2D eigenvalue weighted by atomic mass is 19.1. The first kappa shape index (κ1) is 16.0. The van der Waals surface area contributed by atoms with Crippen LogP contribution in [0.3, 0.4) is 0 Å². The molecule has 1 aromatic carbocycles. The van der Waals surface area contributed by atoms with Crippen LogP contribution >= 0.6 is 0 Å². The van der Waals surface area contributed by atoms with Crippen molar-refractivity contribution in [3.05, 3.63) is 65.5 Å². The van der Waals surface area contributed by atoms with Crippen molar-refractivity contribution in [1.29, 1.82) is 0 Å². The van der Waals surface area contributed by atoms with Gasteiger partial charge in [-0.3, -0.25) is 9.58 Å². The molecule has 130 valence electrons. The van der Waals surface area contributed by atoms with Crippen molar-refractivity contribution in [2.75, 3.05) is 13.1 Å². The van der Waals surface area contributed by atoms with Gasteiger partial charge in [0.05, 0.1) is 23.6 Å². The van der Waals surface area contributed by atoms with Gasteiger partial charge in [-0.05, 0) is 44.5 Å². The smallest absolute Gasteiger partial charge is 0.125 e. The van der Waals surface area contributed by atoms with Crippen LogP contribution in [0.15, 0.2) is 42.7 Å². The van der Waals surface area contributed by atoms with E-state index in [1.807, 2.05) is 25.4 Å². The van der Waals surface area contributed by atoms with Crippen molar-refractivity contribution in [1.82, 2.24) is 24.5 Å². The van der Waals surface area contributed by atoms with Gasteiger partial charge in [-0.25, -0.2) is 9.07 Å². The monoisotopic (exact) mass is 339 g/mol. The van der Waals surface area contributed by atoms with Crippen LogP contribution in [-0.4, -0.2) is 37.6 Å². The van der Waals surface area contributed by atoms with Gasteiger partial charge in [0, 0.05) is 37.1 Å². The molecule has 1 unspecified atom stereocenters. The van der Waals surface area contributed by atoms with Crippen LogP contribution in [0.1, 0.15) is 29.4 Å². The number of aromatic nitrogens is 4. The fourth-order valence-corrected chi connectivity index (χ4v) is 3.63. The van der Waals surface area contributed by atoms with E-state index < -0.39 is 0 Å². The van der Waals surface area contributed by atoms with Gasteiger partial charge < -0.3 is 0 Å². The van der Waals surface area contributed by atoms with Gasteiger partial charge in [0.25, 0.3) is 0 Å². The summed E-state index contributed by atoms with van der Waals surface area (Å²) in [5.41, 5.74) is 4.18. The van der Waals surface area contributed by atoms with Crippen molar-refractivity contribution in [2.24, 2.45) is 0 Å². The molecule has 1 aliphatic rings. The SMILES string of the molecule is Cc1cc(C)n(C2CCN(Cc3cnn(-c4cccc(F)c4)c3)C2)n1. The summed E-state index contributed by atoms with van der Waals surface area (Å²) in [6.07, 6.45) is 4.95. The number of hydrogen-bond donors (Lipinski definition) is 0. The first-order valence-electron chi connectivity index (χ1n) is 8.63. The van der Waals surface area contributed by atoms with E-state index in [0.717, 1.165) is 43.0 Å². The van der Waals surface area contributed by atoms with Crippen molar-refractivity contribution >= 4 is 0 Å². The lowest BCUT2D eigenvalue weighted by atomic mass is 10.2. The van der Waals surface area contributed by atoms with Crippen molar-refractivity contribution in [3.63, 3.8) is 0 Å². The highest BCUT2D eigenvalue weighted by Crippen LogP contribution is 2.24. The molecule has 0 bridgehead atoms. The van der Waals surface area contributed by atoms with Gasteiger partial charge >= 0.3 is 0 Å². The number of hydrogen-bond acceptors (Lipinski definition) is 3. The van der Waals surface area contributed by atoms with E-state index in [1.165, 1.54) is 17.8 Å². The zero-order valence-corrected chi connectivity index (χ0v) is 14.6. The zero-order valence-electron chi connectivity index (χ0n) is 14.6. The van der Waals surface area contributed by atoms with Crippen molar-refractivity contribution in [2.45, 2.75) is 32.9 Å². The summed E-state index contributed by atoms with van der Waals surface area (Å²) in [6, 6.07) is 9.06. The van der Waals surface area contributed by atoms with E-state index in [0.29, 0.717) is 6.04 Å². The summed E-state index contributed by atoms with van der Waals surface area (Å²) in [5, 5.41) is 8.99. The quantitative estimate of drug-likeness (QED) is 0.732.